The third kappa shape index (κ3) is 1.84. The molecule has 1 unspecified atom stereocenters. The van der Waals surface area contributed by atoms with Crippen LogP contribution in [0.1, 0.15) is 24.8 Å². The molecule has 1 aromatic carbocycles. The van der Waals surface area contributed by atoms with Crippen molar-refractivity contribution in [1.82, 2.24) is 5.32 Å². The summed E-state index contributed by atoms with van der Waals surface area (Å²) in [6.45, 7) is 1.92. The molecule has 0 aliphatic carbocycles. The zero-order chi connectivity index (χ0) is 9.97. The minimum absolute atomic E-state index is 0.110. The van der Waals surface area contributed by atoms with Crippen LogP contribution in [-0.2, 0) is 4.79 Å². The van der Waals surface area contributed by atoms with Gasteiger partial charge in [-0.25, -0.2) is 0 Å². The molecule has 2 nitrogen and oxygen atoms in total. The summed E-state index contributed by atoms with van der Waals surface area (Å²) in [5.74, 6) is 0.351. The molecule has 1 aromatic rings. The highest BCUT2D eigenvalue weighted by Gasteiger charge is 2.18. The van der Waals surface area contributed by atoms with Gasteiger partial charge in [0.25, 0.3) is 0 Å². The highest BCUT2D eigenvalue weighted by molar-refractivity contribution is 5.80. The second-order valence-corrected chi connectivity index (χ2v) is 3.62. The number of hydrogen-bond acceptors (Lipinski definition) is 1. The molecule has 0 bridgehead atoms. The second-order valence-electron chi connectivity index (χ2n) is 3.62. The van der Waals surface area contributed by atoms with Gasteiger partial charge in [-0.2, -0.15) is 0 Å². The molecule has 0 spiro atoms. The van der Waals surface area contributed by atoms with Gasteiger partial charge in [-0.15, -0.1) is 0 Å². The monoisotopic (exact) mass is 187 g/mol. The van der Waals surface area contributed by atoms with E-state index in [9.17, 15) is 4.79 Å². The average Bonchev–Trinajstić information content (AvgIpc) is 2.18. The third-order valence-corrected chi connectivity index (χ3v) is 2.42. The van der Waals surface area contributed by atoms with Crippen LogP contribution >= 0.6 is 0 Å². The van der Waals surface area contributed by atoms with Crippen molar-refractivity contribution >= 4 is 5.91 Å². The normalized spacial score (nSPS) is 21.4. The van der Waals surface area contributed by atoms with E-state index in [2.05, 4.69) is 23.5 Å². The van der Waals surface area contributed by atoms with Crippen LogP contribution in [0.15, 0.2) is 42.1 Å². The van der Waals surface area contributed by atoms with E-state index >= 15 is 0 Å². The minimum atomic E-state index is 0.110. The SMILES string of the molecule is CC1=CC(c2ccccc2)CC(=O)N1. The van der Waals surface area contributed by atoms with E-state index < -0.39 is 0 Å². The van der Waals surface area contributed by atoms with Crippen molar-refractivity contribution in [2.45, 2.75) is 19.3 Å². The number of rotatable bonds is 1. The number of amides is 1. The number of nitrogens with one attached hydrogen (secondary N) is 1. The molecular formula is C12H13NO. The molecule has 1 aliphatic heterocycles. The number of hydrogen-bond donors (Lipinski definition) is 1. The Kier molecular flexibility index (Phi) is 2.35. The van der Waals surface area contributed by atoms with E-state index in [0.717, 1.165) is 5.70 Å². The van der Waals surface area contributed by atoms with Crippen LogP contribution < -0.4 is 5.32 Å². The Balaban J connectivity index is 2.28. The van der Waals surface area contributed by atoms with Crippen LogP contribution in [0.3, 0.4) is 0 Å². The summed E-state index contributed by atoms with van der Waals surface area (Å²) in [5, 5.41) is 2.80. The Morgan fingerprint density at radius 3 is 2.64 bits per heavy atom. The summed E-state index contributed by atoms with van der Waals surface area (Å²) in [4.78, 5) is 11.3. The largest absolute Gasteiger partial charge is 0.330 e. The van der Waals surface area contributed by atoms with E-state index in [1.54, 1.807) is 0 Å². The molecule has 14 heavy (non-hydrogen) atoms. The maximum Gasteiger partial charge on any atom is 0.225 e. The number of carbonyl (C=O) groups is 1. The van der Waals surface area contributed by atoms with Crippen molar-refractivity contribution < 1.29 is 4.79 Å². The lowest BCUT2D eigenvalue weighted by Crippen LogP contribution is -2.27. The van der Waals surface area contributed by atoms with Crippen LogP contribution in [0, 0.1) is 0 Å². The highest BCUT2D eigenvalue weighted by atomic mass is 16.1. The molecule has 0 saturated heterocycles. The van der Waals surface area contributed by atoms with Gasteiger partial charge in [-0.05, 0) is 12.5 Å². The first-order chi connectivity index (χ1) is 6.75. The molecule has 1 heterocycles. The molecule has 1 N–H and O–H groups in total. The van der Waals surface area contributed by atoms with Crippen LogP contribution in [0.5, 0.6) is 0 Å². The Hall–Kier alpha value is -1.57. The fourth-order valence-corrected chi connectivity index (χ4v) is 1.79. The van der Waals surface area contributed by atoms with Gasteiger partial charge in [-0.1, -0.05) is 36.4 Å². The van der Waals surface area contributed by atoms with Crippen molar-refractivity contribution in [2.24, 2.45) is 0 Å². The van der Waals surface area contributed by atoms with Crippen LogP contribution in [0.25, 0.3) is 0 Å². The predicted molar refractivity (Wildman–Crippen MR) is 55.7 cm³/mol. The molecule has 2 rings (SSSR count). The first-order valence-electron chi connectivity index (χ1n) is 4.79. The highest BCUT2D eigenvalue weighted by Crippen LogP contribution is 2.24. The zero-order valence-corrected chi connectivity index (χ0v) is 8.16. The Labute approximate surface area is 83.6 Å². The summed E-state index contributed by atoms with van der Waals surface area (Å²) in [6.07, 6.45) is 2.66. The van der Waals surface area contributed by atoms with Crippen LogP contribution in [0.4, 0.5) is 0 Å². The molecule has 1 amide bonds. The number of benzene rings is 1. The Bertz CT molecular complexity index is 367. The molecule has 1 aliphatic rings. The van der Waals surface area contributed by atoms with Crippen molar-refractivity contribution in [3.05, 3.63) is 47.7 Å². The first kappa shape index (κ1) is 9.00. The van der Waals surface area contributed by atoms with E-state index in [4.69, 9.17) is 0 Å². The van der Waals surface area contributed by atoms with E-state index in [0.29, 0.717) is 6.42 Å². The summed E-state index contributed by atoms with van der Waals surface area (Å²) in [5.41, 5.74) is 2.16. The van der Waals surface area contributed by atoms with Gasteiger partial charge in [0.05, 0.1) is 0 Å². The summed E-state index contributed by atoms with van der Waals surface area (Å²) in [7, 11) is 0. The maximum atomic E-state index is 11.3. The van der Waals surface area contributed by atoms with Gasteiger partial charge >= 0.3 is 0 Å². The predicted octanol–water partition coefficient (Wildman–Crippen LogP) is 2.19. The molecular weight excluding hydrogens is 174 g/mol. The zero-order valence-electron chi connectivity index (χ0n) is 8.16. The lowest BCUT2D eigenvalue weighted by atomic mass is 9.92. The standard InChI is InChI=1S/C12H13NO/c1-9-7-11(8-12(14)13-9)10-5-3-2-4-6-10/h2-7,11H,8H2,1H3,(H,13,14). The average molecular weight is 187 g/mol. The van der Waals surface area contributed by atoms with Gasteiger partial charge in [-0.3, -0.25) is 4.79 Å². The molecule has 72 valence electrons. The van der Waals surface area contributed by atoms with Gasteiger partial charge in [0.15, 0.2) is 0 Å². The summed E-state index contributed by atoms with van der Waals surface area (Å²) >= 11 is 0. The Morgan fingerprint density at radius 1 is 1.29 bits per heavy atom. The first-order valence-corrected chi connectivity index (χ1v) is 4.79. The molecule has 0 fully saturated rings. The van der Waals surface area contributed by atoms with Crippen LogP contribution in [0.2, 0.25) is 0 Å². The topological polar surface area (TPSA) is 29.1 Å². The number of allylic oxidation sites excluding steroid dienone is 2. The lowest BCUT2D eigenvalue weighted by molar-refractivity contribution is -0.120. The smallest absolute Gasteiger partial charge is 0.225 e. The van der Waals surface area contributed by atoms with Crippen molar-refractivity contribution in [3.8, 4) is 0 Å². The quantitative estimate of drug-likeness (QED) is 0.717. The van der Waals surface area contributed by atoms with Gasteiger partial charge < -0.3 is 5.32 Å². The van der Waals surface area contributed by atoms with Crippen molar-refractivity contribution in [3.63, 3.8) is 0 Å². The second kappa shape index (κ2) is 3.66. The molecule has 0 radical (unpaired) electrons. The molecule has 0 aromatic heterocycles. The maximum absolute atomic E-state index is 11.3. The fraction of sp³-hybridized carbons (Fsp3) is 0.250. The van der Waals surface area contributed by atoms with Gasteiger partial charge in [0.2, 0.25) is 5.91 Å². The Morgan fingerprint density at radius 2 is 2.00 bits per heavy atom. The molecule has 1 atom stereocenters. The molecule has 0 saturated carbocycles. The van der Waals surface area contributed by atoms with E-state index in [1.165, 1.54) is 5.56 Å². The van der Waals surface area contributed by atoms with Gasteiger partial charge in [0, 0.05) is 18.0 Å². The minimum Gasteiger partial charge on any atom is -0.330 e. The lowest BCUT2D eigenvalue weighted by Gasteiger charge is -2.19. The third-order valence-electron chi connectivity index (χ3n) is 2.42. The van der Waals surface area contributed by atoms with E-state index in [-0.39, 0.29) is 11.8 Å². The van der Waals surface area contributed by atoms with Gasteiger partial charge in [0.1, 0.15) is 0 Å². The summed E-state index contributed by atoms with van der Waals surface area (Å²) < 4.78 is 0. The van der Waals surface area contributed by atoms with E-state index in [1.807, 2.05) is 25.1 Å². The summed E-state index contributed by atoms with van der Waals surface area (Å²) in [6, 6.07) is 10.1. The fourth-order valence-electron chi connectivity index (χ4n) is 1.79. The molecule has 2 heteroatoms. The van der Waals surface area contributed by atoms with Crippen molar-refractivity contribution in [1.29, 1.82) is 0 Å². The number of carbonyl (C=O) groups excluding carboxylic acids is 1. The van der Waals surface area contributed by atoms with Crippen molar-refractivity contribution in [2.75, 3.05) is 0 Å². The van der Waals surface area contributed by atoms with Crippen LogP contribution in [-0.4, -0.2) is 5.91 Å².